The number of phosphoric ester groups is 2. The molecule has 0 rings (SSSR count). The Morgan fingerprint density at radius 1 is 0.301 bits per heavy atom. The molecular weight excluding hydrogens is 1340 g/mol. The molecule has 0 aromatic carbocycles. The number of aliphatic hydroxyl groups is 1. The lowest BCUT2D eigenvalue weighted by Gasteiger charge is -2.21. The largest absolute Gasteiger partial charge is 0.472 e. The Morgan fingerprint density at radius 2 is 0.524 bits per heavy atom. The van der Waals surface area contributed by atoms with Gasteiger partial charge in [0.15, 0.2) is 12.2 Å². The lowest BCUT2D eigenvalue weighted by Crippen LogP contribution is -2.30. The van der Waals surface area contributed by atoms with Gasteiger partial charge in [0.25, 0.3) is 0 Å². The van der Waals surface area contributed by atoms with Crippen molar-refractivity contribution in [1.82, 2.24) is 0 Å². The molecular formula is C84H156O17P2. The Bertz CT molecular complexity index is 2150. The fourth-order valence-corrected chi connectivity index (χ4v) is 13.6. The van der Waals surface area contributed by atoms with Gasteiger partial charge >= 0.3 is 39.5 Å². The summed E-state index contributed by atoms with van der Waals surface area (Å²) in [5, 5.41) is 10.7. The van der Waals surface area contributed by atoms with Crippen molar-refractivity contribution in [3.8, 4) is 0 Å². The highest BCUT2D eigenvalue weighted by molar-refractivity contribution is 7.47. The van der Waals surface area contributed by atoms with Gasteiger partial charge < -0.3 is 33.8 Å². The molecule has 0 aliphatic heterocycles. The van der Waals surface area contributed by atoms with Crippen molar-refractivity contribution in [2.75, 3.05) is 39.6 Å². The second-order valence-electron chi connectivity index (χ2n) is 29.3. The number of carbonyl (C=O) groups is 4. The van der Waals surface area contributed by atoms with E-state index >= 15 is 0 Å². The minimum absolute atomic E-state index is 0.0834. The molecule has 0 heterocycles. The summed E-state index contributed by atoms with van der Waals surface area (Å²) in [6.45, 7) is 7.25. The molecule has 103 heavy (non-hydrogen) atoms. The van der Waals surface area contributed by atoms with Crippen molar-refractivity contribution in [2.45, 2.75) is 419 Å². The van der Waals surface area contributed by atoms with Crippen molar-refractivity contribution < 1.29 is 80.2 Å². The molecule has 0 saturated heterocycles. The monoisotopic (exact) mass is 1500 g/mol. The predicted octanol–water partition coefficient (Wildman–Crippen LogP) is 24.7. The SMILES string of the molecule is CCCCCC/C=C\C=C/CCCCCCCC(=O)OC[C@H](COP(=O)(O)OC[C@@H](O)COP(=O)(O)OC[C@@H](COC(=O)CCCCCCCCCCCCCC)OC(=O)CCCCCCC/C=C\C=C/CCCCCC)OC(=O)CCCCCCCCCCCCCCCCCCCCC(C)C. The third kappa shape index (κ3) is 77.0. The number of aliphatic hydroxyl groups excluding tert-OH is 1. The van der Waals surface area contributed by atoms with Gasteiger partial charge in [0.1, 0.15) is 19.3 Å². The zero-order chi connectivity index (χ0) is 75.5. The van der Waals surface area contributed by atoms with Gasteiger partial charge in [-0.05, 0) is 83.0 Å². The first kappa shape index (κ1) is 100. The van der Waals surface area contributed by atoms with Crippen LogP contribution in [0, 0.1) is 5.92 Å². The number of unbranched alkanes of at least 4 members (excludes halogenated alkanes) is 46. The molecule has 17 nitrogen and oxygen atoms in total. The van der Waals surface area contributed by atoms with Crippen LogP contribution in [0.4, 0.5) is 0 Å². The van der Waals surface area contributed by atoms with Crippen molar-refractivity contribution in [3.05, 3.63) is 48.6 Å². The van der Waals surface area contributed by atoms with Gasteiger partial charge in [-0.2, -0.15) is 0 Å². The lowest BCUT2D eigenvalue weighted by atomic mass is 10.0. The molecule has 0 fully saturated rings. The van der Waals surface area contributed by atoms with E-state index in [4.69, 9.17) is 37.0 Å². The smallest absolute Gasteiger partial charge is 0.462 e. The van der Waals surface area contributed by atoms with E-state index in [9.17, 15) is 43.2 Å². The molecule has 0 radical (unpaired) electrons. The fraction of sp³-hybridized carbons (Fsp3) is 0.857. The van der Waals surface area contributed by atoms with Crippen molar-refractivity contribution in [1.29, 1.82) is 0 Å². The summed E-state index contributed by atoms with van der Waals surface area (Å²) in [5.74, 6) is -1.35. The average Bonchev–Trinajstić information content (AvgIpc) is 1.24. The van der Waals surface area contributed by atoms with Crippen LogP contribution in [-0.2, 0) is 65.4 Å². The highest BCUT2D eigenvalue weighted by atomic mass is 31.2. The number of allylic oxidation sites excluding steroid dienone is 8. The van der Waals surface area contributed by atoms with E-state index in [-0.39, 0.29) is 25.7 Å². The molecule has 0 amide bonds. The standard InChI is InChI=1S/C84H156O17P2/c1-6-9-12-15-18-21-24-27-33-38-43-48-53-58-63-68-82(87)95-74-80(101-84(89)70-65-60-55-50-45-40-36-32-30-29-31-35-37-41-46-51-56-61-66-77(4)5)76-99-103(92,93)97-72-78(85)71-96-102(90,91)98-75-79(73-94-81(86)67-62-57-52-47-42-26-23-20-17-14-11-8-3)100-83(88)69-64-59-54-49-44-39-34-28-25-22-19-16-13-10-7-2/h21-22,24-25,27-28,33-34,77-80,85H,6-20,23,26,29-32,35-76H2,1-5H3,(H,90,91)(H,92,93)/b24-21-,25-22-,33-27-,34-28-/t78-,79+,80+/m0/s1. The van der Waals surface area contributed by atoms with Gasteiger partial charge in [0.05, 0.1) is 26.4 Å². The van der Waals surface area contributed by atoms with E-state index in [1.54, 1.807) is 0 Å². The van der Waals surface area contributed by atoms with Crippen LogP contribution in [0.3, 0.4) is 0 Å². The molecule has 5 atom stereocenters. The molecule has 0 saturated carbocycles. The number of esters is 4. The molecule has 3 N–H and O–H groups in total. The van der Waals surface area contributed by atoms with Crippen LogP contribution in [0.1, 0.15) is 401 Å². The Labute approximate surface area is 629 Å². The van der Waals surface area contributed by atoms with Gasteiger partial charge in [-0.1, -0.05) is 346 Å². The Hall–Kier alpha value is -2.98. The van der Waals surface area contributed by atoms with E-state index in [1.165, 1.54) is 193 Å². The second kappa shape index (κ2) is 75.8. The van der Waals surface area contributed by atoms with Gasteiger partial charge in [0, 0.05) is 25.7 Å². The molecule has 0 bridgehead atoms. The predicted molar refractivity (Wildman–Crippen MR) is 423 cm³/mol. The van der Waals surface area contributed by atoms with Crippen LogP contribution < -0.4 is 0 Å². The van der Waals surface area contributed by atoms with Crippen molar-refractivity contribution in [3.63, 3.8) is 0 Å². The van der Waals surface area contributed by atoms with E-state index < -0.39 is 97.5 Å². The first-order valence-corrected chi connectivity index (χ1v) is 45.3. The molecule has 0 aromatic heterocycles. The fourth-order valence-electron chi connectivity index (χ4n) is 12.0. The van der Waals surface area contributed by atoms with Gasteiger partial charge in [-0.3, -0.25) is 37.3 Å². The summed E-state index contributed by atoms with van der Waals surface area (Å²) >= 11 is 0. The zero-order valence-electron chi connectivity index (χ0n) is 66.4. The minimum atomic E-state index is -4.98. The maximum absolute atomic E-state index is 13.1. The van der Waals surface area contributed by atoms with Crippen LogP contribution in [0.5, 0.6) is 0 Å². The number of hydrogen-bond acceptors (Lipinski definition) is 15. The van der Waals surface area contributed by atoms with E-state index in [0.717, 1.165) is 128 Å². The highest BCUT2D eigenvalue weighted by Gasteiger charge is 2.30. The molecule has 0 spiro atoms. The molecule has 19 heteroatoms. The molecule has 0 aromatic rings. The van der Waals surface area contributed by atoms with Crippen LogP contribution in [0.25, 0.3) is 0 Å². The first-order chi connectivity index (χ1) is 50.0. The molecule has 2 unspecified atom stereocenters. The number of ether oxygens (including phenoxy) is 4. The number of hydrogen-bond donors (Lipinski definition) is 3. The Balaban J connectivity index is 5.30. The third-order valence-corrected chi connectivity index (χ3v) is 20.4. The van der Waals surface area contributed by atoms with E-state index in [0.29, 0.717) is 25.7 Å². The van der Waals surface area contributed by atoms with E-state index in [2.05, 4.69) is 83.2 Å². The van der Waals surface area contributed by atoms with Crippen molar-refractivity contribution in [2.24, 2.45) is 5.92 Å². The summed E-state index contributed by atoms with van der Waals surface area (Å²) < 4.78 is 68.7. The van der Waals surface area contributed by atoms with Gasteiger partial charge in [-0.25, -0.2) is 9.13 Å². The number of phosphoric acid groups is 2. The summed E-state index contributed by atoms with van der Waals surface area (Å²) in [5.41, 5.74) is 0. The summed E-state index contributed by atoms with van der Waals surface area (Å²) in [7, 11) is -9.95. The molecule has 0 aliphatic rings. The maximum Gasteiger partial charge on any atom is 0.472 e. The van der Waals surface area contributed by atoms with Gasteiger partial charge in [-0.15, -0.1) is 0 Å². The topological polar surface area (TPSA) is 237 Å². The normalized spacial score (nSPS) is 14.1. The Kier molecular flexibility index (Phi) is 73.6. The van der Waals surface area contributed by atoms with Gasteiger partial charge in [0.2, 0.25) is 0 Å². The zero-order valence-corrected chi connectivity index (χ0v) is 68.2. The highest BCUT2D eigenvalue weighted by Crippen LogP contribution is 2.45. The lowest BCUT2D eigenvalue weighted by molar-refractivity contribution is -0.161. The summed E-state index contributed by atoms with van der Waals surface area (Å²) in [6.07, 6.45) is 73.7. The first-order valence-electron chi connectivity index (χ1n) is 42.3. The Morgan fingerprint density at radius 3 is 0.796 bits per heavy atom. The van der Waals surface area contributed by atoms with Crippen LogP contribution >= 0.6 is 15.6 Å². The van der Waals surface area contributed by atoms with E-state index in [1.807, 2.05) is 0 Å². The average molecular weight is 1500 g/mol. The molecule has 604 valence electrons. The van der Waals surface area contributed by atoms with Crippen molar-refractivity contribution >= 4 is 39.5 Å². The quantitative estimate of drug-likeness (QED) is 0.0169. The van der Waals surface area contributed by atoms with Crippen LogP contribution in [0.2, 0.25) is 0 Å². The minimum Gasteiger partial charge on any atom is -0.462 e. The molecule has 0 aliphatic carbocycles. The maximum atomic E-state index is 13.1. The summed E-state index contributed by atoms with van der Waals surface area (Å²) in [6, 6.07) is 0. The number of carbonyl (C=O) groups excluding carboxylic acids is 4. The third-order valence-electron chi connectivity index (χ3n) is 18.5. The second-order valence-corrected chi connectivity index (χ2v) is 32.2. The van der Waals surface area contributed by atoms with Crippen LogP contribution in [-0.4, -0.2) is 96.7 Å². The van der Waals surface area contributed by atoms with Crippen LogP contribution in [0.15, 0.2) is 48.6 Å². The number of rotatable bonds is 80. The summed E-state index contributed by atoms with van der Waals surface area (Å²) in [4.78, 5) is 73.1.